The van der Waals surface area contributed by atoms with Gasteiger partial charge in [0, 0.05) is 5.71 Å². The lowest BCUT2D eigenvalue weighted by molar-refractivity contribution is -0.0464. The Morgan fingerprint density at radius 2 is 1.81 bits per heavy atom. The van der Waals surface area contributed by atoms with Crippen molar-refractivity contribution in [1.82, 2.24) is 0 Å². The van der Waals surface area contributed by atoms with E-state index >= 15 is 0 Å². The van der Waals surface area contributed by atoms with Crippen molar-refractivity contribution in [2.24, 2.45) is 34.5 Å². The van der Waals surface area contributed by atoms with Crippen LogP contribution in [0.2, 0.25) is 0 Å². The first-order valence-electron chi connectivity index (χ1n) is 9.23. The SMILES string of the molecule is C[C@H]1CCC2C3CCC4=CC(=N)CC[C@]4(C)C3CC[C@@]21C. The summed E-state index contributed by atoms with van der Waals surface area (Å²) < 4.78 is 0. The van der Waals surface area contributed by atoms with E-state index in [1.54, 1.807) is 5.57 Å². The molecule has 0 aromatic heterocycles. The molecular weight excluding hydrogens is 254 g/mol. The minimum atomic E-state index is 0.431. The Kier molecular flexibility index (Phi) is 2.98. The summed E-state index contributed by atoms with van der Waals surface area (Å²) in [7, 11) is 0. The Labute approximate surface area is 130 Å². The molecule has 1 nitrogen and oxygen atoms in total. The van der Waals surface area contributed by atoms with Gasteiger partial charge in [0.15, 0.2) is 0 Å². The van der Waals surface area contributed by atoms with Gasteiger partial charge < -0.3 is 5.41 Å². The Morgan fingerprint density at radius 3 is 2.62 bits per heavy atom. The summed E-state index contributed by atoms with van der Waals surface area (Å²) >= 11 is 0. The molecule has 0 aromatic carbocycles. The highest BCUT2D eigenvalue weighted by Crippen LogP contribution is 2.66. The minimum absolute atomic E-state index is 0.431. The summed E-state index contributed by atoms with van der Waals surface area (Å²) in [5.41, 5.74) is 3.59. The molecule has 1 heteroatoms. The molecule has 6 atom stereocenters. The van der Waals surface area contributed by atoms with Crippen LogP contribution in [0.15, 0.2) is 11.6 Å². The average molecular weight is 285 g/mol. The van der Waals surface area contributed by atoms with E-state index in [1.807, 2.05) is 0 Å². The fraction of sp³-hybridized carbons (Fsp3) is 0.850. The lowest BCUT2D eigenvalue weighted by Crippen LogP contribution is -2.50. The number of rotatable bonds is 0. The lowest BCUT2D eigenvalue weighted by atomic mass is 9.47. The third-order valence-electron chi connectivity index (χ3n) is 8.47. The van der Waals surface area contributed by atoms with Crippen LogP contribution in [0.5, 0.6) is 0 Å². The molecule has 0 aliphatic heterocycles. The van der Waals surface area contributed by atoms with Crippen LogP contribution in [0.4, 0.5) is 0 Å². The van der Waals surface area contributed by atoms with Gasteiger partial charge >= 0.3 is 0 Å². The summed E-state index contributed by atoms with van der Waals surface area (Å²) in [4.78, 5) is 0. The van der Waals surface area contributed by atoms with Gasteiger partial charge in [0.25, 0.3) is 0 Å². The minimum Gasteiger partial charge on any atom is -0.305 e. The second kappa shape index (κ2) is 4.46. The Hall–Kier alpha value is -0.590. The van der Waals surface area contributed by atoms with Crippen molar-refractivity contribution in [3.8, 4) is 0 Å². The molecule has 4 aliphatic rings. The summed E-state index contributed by atoms with van der Waals surface area (Å²) in [5.74, 6) is 3.82. The van der Waals surface area contributed by atoms with Crippen molar-refractivity contribution in [2.75, 3.05) is 0 Å². The number of hydrogen-bond acceptors (Lipinski definition) is 1. The van der Waals surface area contributed by atoms with Gasteiger partial charge in [-0.1, -0.05) is 26.3 Å². The second-order valence-corrected chi connectivity index (χ2v) is 9.05. The van der Waals surface area contributed by atoms with Gasteiger partial charge in [0.05, 0.1) is 0 Å². The van der Waals surface area contributed by atoms with Gasteiger partial charge in [-0.3, -0.25) is 0 Å². The van der Waals surface area contributed by atoms with Gasteiger partial charge in [-0.2, -0.15) is 0 Å². The third kappa shape index (κ3) is 1.79. The van der Waals surface area contributed by atoms with E-state index in [0.717, 1.165) is 35.8 Å². The molecule has 0 heterocycles. The molecule has 4 aliphatic carbocycles. The Balaban J connectivity index is 1.69. The largest absolute Gasteiger partial charge is 0.305 e. The monoisotopic (exact) mass is 285 g/mol. The maximum Gasteiger partial charge on any atom is 0.0314 e. The molecule has 3 fully saturated rings. The van der Waals surface area contributed by atoms with Gasteiger partial charge in [-0.25, -0.2) is 0 Å². The molecule has 0 radical (unpaired) electrons. The highest BCUT2D eigenvalue weighted by atomic mass is 14.6. The number of fused-ring (bicyclic) bond motifs is 5. The Bertz CT molecular complexity index is 504. The van der Waals surface area contributed by atoms with Crippen LogP contribution in [-0.2, 0) is 0 Å². The highest BCUT2D eigenvalue weighted by molar-refractivity contribution is 5.94. The van der Waals surface area contributed by atoms with E-state index in [4.69, 9.17) is 5.41 Å². The first-order valence-corrected chi connectivity index (χ1v) is 9.23. The molecule has 3 saturated carbocycles. The fourth-order valence-electron chi connectivity index (χ4n) is 6.85. The number of allylic oxidation sites excluding steroid dienone is 2. The van der Waals surface area contributed by atoms with Crippen LogP contribution in [-0.4, -0.2) is 5.71 Å². The first-order chi connectivity index (χ1) is 9.95. The Morgan fingerprint density at radius 1 is 1.00 bits per heavy atom. The van der Waals surface area contributed by atoms with Crippen LogP contribution < -0.4 is 0 Å². The molecule has 0 bridgehead atoms. The number of hydrogen-bond donors (Lipinski definition) is 1. The first kappa shape index (κ1) is 14.0. The zero-order valence-electron chi connectivity index (χ0n) is 14.0. The molecule has 3 unspecified atom stereocenters. The molecule has 0 spiro atoms. The average Bonchev–Trinajstić information content (AvgIpc) is 2.76. The number of nitrogens with one attached hydrogen (secondary N) is 1. The van der Waals surface area contributed by atoms with Crippen LogP contribution in [0.3, 0.4) is 0 Å². The van der Waals surface area contributed by atoms with Crippen LogP contribution >= 0.6 is 0 Å². The molecule has 4 rings (SSSR count). The third-order valence-corrected chi connectivity index (χ3v) is 8.47. The van der Waals surface area contributed by atoms with Crippen molar-refractivity contribution in [2.45, 2.75) is 72.1 Å². The van der Waals surface area contributed by atoms with Gasteiger partial charge in [-0.05, 0) is 91.9 Å². The second-order valence-electron chi connectivity index (χ2n) is 9.05. The predicted octanol–water partition coefficient (Wildman–Crippen LogP) is 5.61. The van der Waals surface area contributed by atoms with Crippen LogP contribution in [0.25, 0.3) is 0 Å². The summed E-state index contributed by atoms with van der Waals surface area (Å²) in [5, 5.41) is 8.03. The zero-order chi connectivity index (χ0) is 14.8. The summed E-state index contributed by atoms with van der Waals surface area (Å²) in [6.45, 7) is 7.66. The molecule has 0 saturated heterocycles. The van der Waals surface area contributed by atoms with Gasteiger partial charge in [0.1, 0.15) is 0 Å². The van der Waals surface area contributed by atoms with Crippen molar-refractivity contribution in [1.29, 1.82) is 5.41 Å². The molecule has 1 N–H and O–H groups in total. The lowest BCUT2D eigenvalue weighted by Gasteiger charge is -2.58. The fourth-order valence-corrected chi connectivity index (χ4v) is 6.85. The maximum atomic E-state index is 8.03. The topological polar surface area (TPSA) is 23.9 Å². The molecule has 116 valence electrons. The van der Waals surface area contributed by atoms with Crippen molar-refractivity contribution in [3.63, 3.8) is 0 Å². The quantitative estimate of drug-likeness (QED) is 0.598. The molecule has 0 aromatic rings. The summed E-state index contributed by atoms with van der Waals surface area (Å²) in [6.07, 6.45) is 13.1. The van der Waals surface area contributed by atoms with Gasteiger partial charge in [-0.15, -0.1) is 0 Å². The van der Waals surface area contributed by atoms with Crippen LogP contribution in [0, 0.1) is 39.9 Å². The van der Waals surface area contributed by atoms with Crippen molar-refractivity contribution < 1.29 is 0 Å². The van der Waals surface area contributed by atoms with E-state index in [0.29, 0.717) is 10.8 Å². The highest BCUT2D eigenvalue weighted by Gasteiger charge is 2.57. The van der Waals surface area contributed by atoms with Gasteiger partial charge in [0.2, 0.25) is 0 Å². The van der Waals surface area contributed by atoms with E-state index < -0.39 is 0 Å². The molecule has 0 amide bonds. The predicted molar refractivity (Wildman–Crippen MR) is 88.6 cm³/mol. The normalized spacial score (nSPS) is 52.7. The maximum absolute atomic E-state index is 8.03. The van der Waals surface area contributed by atoms with Crippen molar-refractivity contribution in [3.05, 3.63) is 11.6 Å². The van der Waals surface area contributed by atoms with E-state index in [2.05, 4.69) is 26.8 Å². The van der Waals surface area contributed by atoms with Crippen LogP contribution in [0.1, 0.15) is 72.1 Å². The smallest absolute Gasteiger partial charge is 0.0314 e. The van der Waals surface area contributed by atoms with E-state index in [-0.39, 0.29) is 0 Å². The zero-order valence-corrected chi connectivity index (χ0v) is 14.0. The standard InChI is InChI=1S/C20H31N/c1-13-4-7-17-16-6-5-14-12-15(21)8-10-20(14,3)18(16)9-11-19(13,17)2/h12-13,16-18,21H,4-11H2,1-3H3/t13-,16?,17?,18?,19+,20-/m0/s1. The van der Waals surface area contributed by atoms with E-state index in [9.17, 15) is 0 Å². The summed E-state index contributed by atoms with van der Waals surface area (Å²) in [6, 6.07) is 0. The molecule has 21 heavy (non-hydrogen) atoms. The molecular formula is C20H31N. The van der Waals surface area contributed by atoms with E-state index in [1.165, 1.54) is 44.9 Å². The van der Waals surface area contributed by atoms with Crippen molar-refractivity contribution >= 4 is 5.71 Å².